The van der Waals surface area contributed by atoms with Gasteiger partial charge in [-0.3, -0.25) is 9.59 Å². The highest BCUT2D eigenvalue weighted by Crippen LogP contribution is 2.31. The molecule has 100 valence electrons. The molecule has 5 heteroatoms. The van der Waals surface area contributed by atoms with Gasteiger partial charge in [-0.15, -0.1) is 0 Å². The number of ketones is 2. The molecule has 0 aromatic heterocycles. The lowest BCUT2D eigenvalue weighted by Gasteiger charge is -2.24. The van der Waals surface area contributed by atoms with Gasteiger partial charge in [0.05, 0.1) is 12.7 Å². The summed E-state index contributed by atoms with van der Waals surface area (Å²) in [6.07, 6.45) is 0. The quantitative estimate of drug-likeness (QED) is 0.455. The van der Waals surface area contributed by atoms with Crippen molar-refractivity contribution in [2.24, 2.45) is 5.92 Å². The second-order valence-electron chi connectivity index (χ2n) is 4.54. The average Bonchev–Trinajstić information content (AvgIpc) is 2.36. The maximum absolute atomic E-state index is 12.3. The first-order valence-electron chi connectivity index (χ1n) is 5.86. The molecule has 0 saturated heterocycles. The number of hydrogen-bond acceptors (Lipinski definition) is 5. The van der Waals surface area contributed by atoms with Crippen molar-refractivity contribution in [2.45, 2.75) is 13.8 Å². The number of ether oxygens (including phenoxy) is 2. The highest BCUT2D eigenvalue weighted by atomic mass is 16.5. The van der Waals surface area contributed by atoms with E-state index in [-0.39, 0.29) is 12.4 Å². The lowest BCUT2D eigenvalue weighted by molar-refractivity contribution is -0.153. The smallest absolute Gasteiger partial charge is 0.375 e. The van der Waals surface area contributed by atoms with E-state index >= 15 is 0 Å². The normalized spacial score (nSPS) is 17.4. The maximum atomic E-state index is 12.3. The van der Waals surface area contributed by atoms with Crippen molar-refractivity contribution in [3.63, 3.8) is 0 Å². The maximum Gasteiger partial charge on any atom is 0.375 e. The average molecular weight is 262 g/mol. The number of fused-ring (bicyclic) bond motifs is 1. The van der Waals surface area contributed by atoms with Crippen LogP contribution in [0.4, 0.5) is 0 Å². The zero-order valence-corrected chi connectivity index (χ0v) is 11.0. The predicted molar refractivity (Wildman–Crippen MR) is 66.3 cm³/mol. The van der Waals surface area contributed by atoms with Gasteiger partial charge in [0.25, 0.3) is 5.78 Å². The largest absolute Gasteiger partial charge is 0.492 e. The molecule has 1 atom stereocenters. The van der Waals surface area contributed by atoms with E-state index in [1.54, 1.807) is 13.0 Å². The Morgan fingerprint density at radius 3 is 2.63 bits per heavy atom. The number of benzene rings is 1. The van der Waals surface area contributed by atoms with Crippen molar-refractivity contribution >= 4 is 17.5 Å². The fourth-order valence-corrected chi connectivity index (χ4v) is 2.22. The van der Waals surface area contributed by atoms with Crippen LogP contribution in [-0.4, -0.2) is 31.3 Å². The highest BCUT2D eigenvalue weighted by Gasteiger charge is 2.38. The van der Waals surface area contributed by atoms with Crippen LogP contribution < -0.4 is 4.74 Å². The molecule has 1 aliphatic heterocycles. The van der Waals surface area contributed by atoms with E-state index < -0.39 is 17.7 Å². The van der Waals surface area contributed by atoms with Crippen molar-refractivity contribution in [1.29, 1.82) is 0 Å². The molecule has 0 radical (unpaired) electrons. The Labute approximate surface area is 110 Å². The van der Waals surface area contributed by atoms with Crippen LogP contribution in [0.1, 0.15) is 21.5 Å². The molecule has 1 aromatic carbocycles. The minimum absolute atomic E-state index is 0.122. The van der Waals surface area contributed by atoms with Gasteiger partial charge in [0.2, 0.25) is 0 Å². The van der Waals surface area contributed by atoms with Crippen LogP contribution in [0, 0.1) is 19.8 Å². The third-order valence-electron chi connectivity index (χ3n) is 3.12. The summed E-state index contributed by atoms with van der Waals surface area (Å²) in [6.45, 7) is 3.55. The van der Waals surface area contributed by atoms with Crippen LogP contribution in [0.15, 0.2) is 12.1 Å². The van der Waals surface area contributed by atoms with Crippen molar-refractivity contribution in [2.75, 3.05) is 13.7 Å². The summed E-state index contributed by atoms with van der Waals surface area (Å²) in [5, 5.41) is 0. The molecule has 0 N–H and O–H groups in total. The van der Waals surface area contributed by atoms with E-state index in [1.807, 2.05) is 13.0 Å². The number of carbonyl (C=O) groups excluding carboxylic acids is 3. The van der Waals surface area contributed by atoms with Crippen LogP contribution in [0.2, 0.25) is 0 Å². The summed E-state index contributed by atoms with van der Waals surface area (Å²) in [5.74, 6) is -2.90. The first-order valence-corrected chi connectivity index (χ1v) is 5.86. The highest BCUT2D eigenvalue weighted by molar-refractivity contribution is 6.39. The zero-order chi connectivity index (χ0) is 14.2. The van der Waals surface area contributed by atoms with E-state index in [0.29, 0.717) is 11.3 Å². The number of aryl methyl sites for hydroxylation is 2. The Bertz CT molecular complexity index is 573. The zero-order valence-electron chi connectivity index (χ0n) is 11.0. The van der Waals surface area contributed by atoms with Gasteiger partial charge >= 0.3 is 5.97 Å². The van der Waals surface area contributed by atoms with Crippen molar-refractivity contribution in [1.82, 2.24) is 0 Å². The van der Waals surface area contributed by atoms with Gasteiger partial charge in [0, 0.05) is 0 Å². The van der Waals surface area contributed by atoms with Crippen molar-refractivity contribution < 1.29 is 23.9 Å². The molecule has 0 aliphatic carbocycles. The first-order chi connectivity index (χ1) is 8.95. The van der Waals surface area contributed by atoms with Crippen LogP contribution >= 0.6 is 0 Å². The number of rotatable bonds is 2. The Morgan fingerprint density at radius 1 is 1.32 bits per heavy atom. The molecular formula is C14H14O5. The van der Waals surface area contributed by atoms with Crippen LogP contribution in [0.25, 0.3) is 0 Å². The number of hydrogen-bond donors (Lipinski definition) is 0. The fraction of sp³-hybridized carbons (Fsp3) is 0.357. The number of esters is 1. The minimum atomic E-state index is -1.11. The third kappa shape index (κ3) is 2.23. The number of Topliss-reactive ketones (excluding diaryl/α,β-unsaturated/α-hetero) is 2. The fourth-order valence-electron chi connectivity index (χ4n) is 2.22. The molecule has 0 spiro atoms. The van der Waals surface area contributed by atoms with Crippen LogP contribution in [-0.2, 0) is 14.3 Å². The van der Waals surface area contributed by atoms with Gasteiger partial charge in [-0.25, -0.2) is 4.79 Å². The molecule has 1 aliphatic rings. The molecule has 1 aromatic rings. The summed E-state index contributed by atoms with van der Waals surface area (Å²) < 4.78 is 9.79. The van der Waals surface area contributed by atoms with Gasteiger partial charge in [-0.2, -0.15) is 0 Å². The van der Waals surface area contributed by atoms with Crippen LogP contribution in [0.5, 0.6) is 5.75 Å². The summed E-state index contributed by atoms with van der Waals surface area (Å²) in [6, 6.07) is 3.59. The lowest BCUT2D eigenvalue weighted by atomic mass is 9.88. The first kappa shape index (κ1) is 13.3. The number of methoxy groups -OCH3 is 1. The molecule has 0 fully saturated rings. The topological polar surface area (TPSA) is 69.7 Å². The molecular weight excluding hydrogens is 248 g/mol. The molecule has 5 nitrogen and oxygen atoms in total. The van der Waals surface area contributed by atoms with Gasteiger partial charge < -0.3 is 9.47 Å². The second kappa shape index (κ2) is 4.84. The van der Waals surface area contributed by atoms with E-state index in [2.05, 4.69) is 4.74 Å². The molecule has 1 heterocycles. The molecule has 0 saturated carbocycles. The molecule has 0 amide bonds. The van der Waals surface area contributed by atoms with Gasteiger partial charge in [0.15, 0.2) is 5.78 Å². The Hall–Kier alpha value is -2.17. The summed E-state index contributed by atoms with van der Waals surface area (Å²) in [7, 11) is 1.11. The molecule has 0 bridgehead atoms. The number of carbonyl (C=O) groups is 3. The standard InChI is InChI=1S/C14H14O5/c1-7-4-8(2)11-10(5-7)19-6-9(12(11)15)13(16)14(17)18-3/h4-5,9H,6H2,1-3H3. The summed E-state index contributed by atoms with van der Waals surface area (Å²) in [4.78, 5) is 35.3. The summed E-state index contributed by atoms with van der Waals surface area (Å²) in [5.41, 5.74) is 2.09. The van der Waals surface area contributed by atoms with Crippen molar-refractivity contribution in [3.8, 4) is 5.75 Å². The SMILES string of the molecule is COC(=O)C(=O)C1COc2cc(C)cc(C)c2C1=O. The Kier molecular flexibility index (Phi) is 3.38. The van der Waals surface area contributed by atoms with E-state index in [1.165, 1.54) is 0 Å². The lowest BCUT2D eigenvalue weighted by Crippen LogP contribution is -2.38. The predicted octanol–water partition coefficient (Wildman–Crippen LogP) is 1.24. The molecule has 2 rings (SSSR count). The van der Waals surface area contributed by atoms with E-state index in [4.69, 9.17) is 4.74 Å². The van der Waals surface area contributed by atoms with Gasteiger partial charge in [-0.05, 0) is 31.0 Å². The van der Waals surface area contributed by atoms with Crippen LogP contribution in [0.3, 0.4) is 0 Å². The summed E-state index contributed by atoms with van der Waals surface area (Å²) >= 11 is 0. The third-order valence-corrected chi connectivity index (χ3v) is 3.12. The van der Waals surface area contributed by atoms with Crippen molar-refractivity contribution in [3.05, 3.63) is 28.8 Å². The van der Waals surface area contributed by atoms with Gasteiger partial charge in [0.1, 0.15) is 18.3 Å². The van der Waals surface area contributed by atoms with E-state index in [0.717, 1.165) is 18.2 Å². The van der Waals surface area contributed by atoms with Gasteiger partial charge in [-0.1, -0.05) is 6.07 Å². The monoisotopic (exact) mass is 262 g/mol. The molecule has 1 unspecified atom stereocenters. The second-order valence-corrected chi connectivity index (χ2v) is 4.54. The Morgan fingerprint density at radius 2 is 2.00 bits per heavy atom. The Balaban J connectivity index is 2.40. The van der Waals surface area contributed by atoms with E-state index in [9.17, 15) is 14.4 Å². The molecule has 19 heavy (non-hydrogen) atoms. The minimum Gasteiger partial charge on any atom is -0.492 e.